The standard InChI is InChI=1S/C15H15BrN4O3/c1-8-3-10(5-11(16)4-8)14(21)20-7-13-18-17-9(2)19(13)6-12(20)15(22)23/h3-5,12H,6-7H2,1-2H3,(H,22,23). The van der Waals surface area contributed by atoms with Gasteiger partial charge in [0.15, 0.2) is 5.82 Å². The molecule has 2 aromatic rings. The van der Waals surface area contributed by atoms with Crippen LogP contribution in [0.3, 0.4) is 0 Å². The fourth-order valence-electron chi connectivity index (χ4n) is 2.76. The van der Waals surface area contributed by atoms with Crippen molar-refractivity contribution in [2.45, 2.75) is 33.0 Å². The van der Waals surface area contributed by atoms with Crippen LogP contribution < -0.4 is 0 Å². The van der Waals surface area contributed by atoms with Gasteiger partial charge in [-0.05, 0) is 37.6 Å². The Hall–Kier alpha value is -2.22. The predicted molar refractivity (Wildman–Crippen MR) is 84.9 cm³/mol. The highest BCUT2D eigenvalue weighted by molar-refractivity contribution is 9.10. The fraction of sp³-hybridized carbons (Fsp3) is 0.333. The first-order valence-corrected chi connectivity index (χ1v) is 7.86. The molecule has 1 aliphatic heterocycles. The summed E-state index contributed by atoms with van der Waals surface area (Å²) in [6, 6.07) is 4.39. The number of carbonyl (C=O) groups is 2. The molecule has 1 aromatic carbocycles. The Morgan fingerprint density at radius 3 is 2.65 bits per heavy atom. The molecular weight excluding hydrogens is 364 g/mol. The van der Waals surface area contributed by atoms with Crippen molar-refractivity contribution in [3.05, 3.63) is 45.4 Å². The molecule has 3 rings (SSSR count). The average Bonchev–Trinajstić information content (AvgIpc) is 2.85. The summed E-state index contributed by atoms with van der Waals surface area (Å²) in [5.41, 5.74) is 1.37. The molecule has 0 saturated carbocycles. The minimum Gasteiger partial charge on any atom is -0.480 e. The third-order valence-electron chi connectivity index (χ3n) is 3.89. The zero-order chi connectivity index (χ0) is 16.7. The molecular formula is C15H15BrN4O3. The lowest BCUT2D eigenvalue weighted by Gasteiger charge is -2.33. The number of aryl methyl sites for hydroxylation is 2. The number of carboxylic acids is 1. The van der Waals surface area contributed by atoms with Crippen molar-refractivity contribution in [2.24, 2.45) is 0 Å². The smallest absolute Gasteiger partial charge is 0.328 e. The van der Waals surface area contributed by atoms with Crippen LogP contribution in [0.15, 0.2) is 22.7 Å². The van der Waals surface area contributed by atoms with Crippen LogP contribution in [0.4, 0.5) is 0 Å². The third kappa shape index (κ3) is 2.86. The number of hydrogen-bond donors (Lipinski definition) is 1. The predicted octanol–water partition coefficient (Wildman–Crippen LogP) is 1.77. The van der Waals surface area contributed by atoms with E-state index < -0.39 is 12.0 Å². The first kappa shape index (κ1) is 15.7. The Morgan fingerprint density at radius 2 is 2.00 bits per heavy atom. The van der Waals surface area contributed by atoms with E-state index in [1.54, 1.807) is 23.6 Å². The Bertz CT molecular complexity index is 782. The summed E-state index contributed by atoms with van der Waals surface area (Å²) in [4.78, 5) is 25.8. The van der Waals surface area contributed by atoms with E-state index >= 15 is 0 Å². The summed E-state index contributed by atoms with van der Waals surface area (Å²) in [6.07, 6.45) is 0. The van der Waals surface area contributed by atoms with Gasteiger partial charge in [-0.2, -0.15) is 0 Å². The molecule has 0 saturated heterocycles. The number of fused-ring (bicyclic) bond motifs is 1. The zero-order valence-electron chi connectivity index (χ0n) is 12.7. The largest absolute Gasteiger partial charge is 0.480 e. The monoisotopic (exact) mass is 378 g/mol. The van der Waals surface area contributed by atoms with Gasteiger partial charge in [0.25, 0.3) is 5.91 Å². The van der Waals surface area contributed by atoms with Crippen LogP contribution in [0.25, 0.3) is 0 Å². The summed E-state index contributed by atoms with van der Waals surface area (Å²) in [5, 5.41) is 17.5. The maximum atomic E-state index is 12.8. The van der Waals surface area contributed by atoms with E-state index in [0.29, 0.717) is 17.2 Å². The van der Waals surface area contributed by atoms with Crippen molar-refractivity contribution in [2.75, 3.05) is 0 Å². The van der Waals surface area contributed by atoms with Crippen LogP contribution in [-0.2, 0) is 17.9 Å². The van der Waals surface area contributed by atoms with Crippen molar-refractivity contribution in [3.63, 3.8) is 0 Å². The quantitative estimate of drug-likeness (QED) is 0.859. The number of rotatable bonds is 2. The normalized spacial score (nSPS) is 17.0. The van der Waals surface area contributed by atoms with Crippen LogP contribution in [0.1, 0.15) is 27.6 Å². The Morgan fingerprint density at radius 1 is 1.26 bits per heavy atom. The lowest BCUT2D eigenvalue weighted by molar-refractivity contribution is -0.143. The van der Waals surface area contributed by atoms with E-state index in [9.17, 15) is 14.7 Å². The molecule has 1 unspecified atom stereocenters. The van der Waals surface area contributed by atoms with Crippen LogP contribution >= 0.6 is 15.9 Å². The van der Waals surface area contributed by atoms with Crippen molar-refractivity contribution in [1.82, 2.24) is 19.7 Å². The van der Waals surface area contributed by atoms with Gasteiger partial charge in [-0.1, -0.05) is 15.9 Å². The second-order valence-electron chi connectivity index (χ2n) is 5.58. The van der Waals surface area contributed by atoms with Crippen LogP contribution in [0.5, 0.6) is 0 Å². The van der Waals surface area contributed by atoms with Crippen LogP contribution in [-0.4, -0.2) is 42.7 Å². The van der Waals surface area contributed by atoms with Gasteiger partial charge in [-0.15, -0.1) is 10.2 Å². The number of carboxylic acid groups (broad SMARTS) is 1. The van der Waals surface area contributed by atoms with Crippen molar-refractivity contribution < 1.29 is 14.7 Å². The fourth-order valence-corrected chi connectivity index (χ4v) is 3.37. The molecule has 1 aliphatic rings. The van der Waals surface area contributed by atoms with Crippen molar-refractivity contribution in [3.8, 4) is 0 Å². The summed E-state index contributed by atoms with van der Waals surface area (Å²) in [5.74, 6) is -0.116. The summed E-state index contributed by atoms with van der Waals surface area (Å²) < 4.78 is 2.53. The molecule has 2 heterocycles. The highest BCUT2D eigenvalue weighted by Crippen LogP contribution is 2.23. The summed E-state index contributed by atoms with van der Waals surface area (Å²) in [7, 11) is 0. The number of halogens is 1. The number of hydrogen-bond acceptors (Lipinski definition) is 4. The Balaban J connectivity index is 1.99. The number of aromatic nitrogens is 3. The van der Waals surface area contributed by atoms with E-state index in [1.165, 1.54) is 4.90 Å². The molecule has 0 spiro atoms. The SMILES string of the molecule is Cc1cc(Br)cc(C(=O)N2Cc3nnc(C)n3CC2C(=O)O)c1. The van der Waals surface area contributed by atoms with Gasteiger partial charge in [0, 0.05) is 10.0 Å². The molecule has 1 amide bonds. The van der Waals surface area contributed by atoms with Gasteiger partial charge in [-0.25, -0.2) is 4.79 Å². The molecule has 1 atom stereocenters. The molecule has 1 N–H and O–H groups in total. The van der Waals surface area contributed by atoms with Crippen LogP contribution in [0.2, 0.25) is 0 Å². The first-order chi connectivity index (χ1) is 10.9. The lowest BCUT2D eigenvalue weighted by Crippen LogP contribution is -2.50. The Labute approximate surface area is 141 Å². The molecule has 0 bridgehead atoms. The second-order valence-corrected chi connectivity index (χ2v) is 6.49. The lowest BCUT2D eigenvalue weighted by atomic mass is 10.1. The highest BCUT2D eigenvalue weighted by Gasteiger charge is 2.36. The van der Waals surface area contributed by atoms with E-state index in [-0.39, 0.29) is 19.0 Å². The maximum absolute atomic E-state index is 12.8. The summed E-state index contributed by atoms with van der Waals surface area (Å²) >= 11 is 3.36. The molecule has 120 valence electrons. The van der Waals surface area contributed by atoms with Gasteiger partial charge in [-0.3, -0.25) is 4.79 Å². The molecule has 0 aliphatic carbocycles. The number of benzene rings is 1. The number of aliphatic carboxylic acids is 1. The second kappa shape index (κ2) is 5.77. The average molecular weight is 379 g/mol. The van der Waals surface area contributed by atoms with E-state index in [0.717, 1.165) is 10.0 Å². The van der Waals surface area contributed by atoms with Gasteiger partial charge in [0.05, 0.1) is 13.1 Å². The van der Waals surface area contributed by atoms with Gasteiger partial charge in [0.2, 0.25) is 0 Å². The number of carbonyl (C=O) groups excluding carboxylic acids is 1. The van der Waals surface area contributed by atoms with E-state index in [4.69, 9.17) is 0 Å². The number of nitrogens with zero attached hydrogens (tertiary/aromatic N) is 4. The van der Waals surface area contributed by atoms with Crippen molar-refractivity contribution >= 4 is 27.8 Å². The van der Waals surface area contributed by atoms with Crippen LogP contribution in [0, 0.1) is 13.8 Å². The zero-order valence-corrected chi connectivity index (χ0v) is 14.2. The van der Waals surface area contributed by atoms with Gasteiger partial charge >= 0.3 is 5.97 Å². The summed E-state index contributed by atoms with van der Waals surface area (Å²) in [6.45, 7) is 3.93. The minimum absolute atomic E-state index is 0.127. The number of amides is 1. The molecule has 0 radical (unpaired) electrons. The highest BCUT2D eigenvalue weighted by atomic mass is 79.9. The Kier molecular flexibility index (Phi) is 3.93. The maximum Gasteiger partial charge on any atom is 0.328 e. The molecule has 23 heavy (non-hydrogen) atoms. The van der Waals surface area contributed by atoms with E-state index in [2.05, 4.69) is 26.1 Å². The first-order valence-electron chi connectivity index (χ1n) is 7.06. The molecule has 8 heteroatoms. The minimum atomic E-state index is -1.04. The van der Waals surface area contributed by atoms with Gasteiger partial charge < -0.3 is 14.6 Å². The van der Waals surface area contributed by atoms with Gasteiger partial charge in [0.1, 0.15) is 11.9 Å². The topological polar surface area (TPSA) is 88.3 Å². The molecule has 1 aromatic heterocycles. The van der Waals surface area contributed by atoms with Crippen molar-refractivity contribution in [1.29, 1.82) is 0 Å². The van der Waals surface area contributed by atoms with E-state index in [1.807, 2.05) is 13.0 Å². The molecule has 7 nitrogen and oxygen atoms in total. The third-order valence-corrected chi connectivity index (χ3v) is 4.35. The molecule has 0 fully saturated rings.